The summed E-state index contributed by atoms with van der Waals surface area (Å²) in [7, 11) is -0.912. The number of amides is 1. The molecule has 5 heteroatoms. The Bertz CT molecular complexity index is 490. The van der Waals surface area contributed by atoms with Crippen molar-refractivity contribution >= 4 is 16.7 Å². The molecule has 1 aromatic carbocycles. The van der Waals surface area contributed by atoms with Crippen molar-refractivity contribution in [1.29, 1.82) is 0 Å². The molecule has 0 saturated carbocycles. The van der Waals surface area contributed by atoms with Gasteiger partial charge in [-0.3, -0.25) is 9.00 Å². The molecule has 3 atom stereocenters. The predicted octanol–water partition coefficient (Wildman–Crippen LogP) is 0.757. The van der Waals surface area contributed by atoms with Gasteiger partial charge in [-0.25, -0.2) is 0 Å². The molecule has 104 valence electrons. The van der Waals surface area contributed by atoms with Crippen molar-refractivity contribution in [2.24, 2.45) is 0 Å². The van der Waals surface area contributed by atoms with E-state index in [-0.39, 0.29) is 17.2 Å². The van der Waals surface area contributed by atoms with Gasteiger partial charge in [0.05, 0.1) is 0 Å². The van der Waals surface area contributed by atoms with Crippen LogP contribution in [0.5, 0.6) is 0 Å². The van der Waals surface area contributed by atoms with Gasteiger partial charge in [0.25, 0.3) is 0 Å². The van der Waals surface area contributed by atoms with E-state index in [1.807, 2.05) is 25.1 Å². The lowest BCUT2D eigenvalue weighted by atomic mass is 9.94. The predicted molar refractivity (Wildman–Crippen MR) is 77.4 cm³/mol. The van der Waals surface area contributed by atoms with Crippen LogP contribution < -0.4 is 10.6 Å². The normalized spacial score (nSPS) is 21.3. The fourth-order valence-electron chi connectivity index (χ4n) is 2.20. The summed E-state index contributed by atoms with van der Waals surface area (Å²) < 4.78 is 11.3. The molecule has 0 fully saturated rings. The Morgan fingerprint density at radius 2 is 2.26 bits per heavy atom. The SMILES string of the molecule is CC(CNC(=O)C1NCCc2ccccc21)S(C)=O. The molecule has 4 nitrogen and oxygen atoms in total. The zero-order valence-corrected chi connectivity index (χ0v) is 12.1. The third kappa shape index (κ3) is 3.42. The van der Waals surface area contributed by atoms with E-state index in [9.17, 15) is 9.00 Å². The summed E-state index contributed by atoms with van der Waals surface area (Å²) in [5, 5.41) is 6.09. The Balaban J connectivity index is 2.03. The van der Waals surface area contributed by atoms with Crippen molar-refractivity contribution in [3.8, 4) is 0 Å². The highest BCUT2D eigenvalue weighted by molar-refractivity contribution is 7.84. The third-order valence-corrected chi connectivity index (χ3v) is 4.80. The number of benzene rings is 1. The molecule has 3 unspecified atom stereocenters. The van der Waals surface area contributed by atoms with E-state index in [2.05, 4.69) is 16.7 Å². The minimum atomic E-state index is -0.912. The maximum absolute atomic E-state index is 12.2. The van der Waals surface area contributed by atoms with Crippen molar-refractivity contribution < 1.29 is 9.00 Å². The Labute approximate surface area is 116 Å². The highest BCUT2D eigenvalue weighted by Crippen LogP contribution is 2.22. The van der Waals surface area contributed by atoms with Crippen molar-refractivity contribution in [1.82, 2.24) is 10.6 Å². The summed E-state index contributed by atoms with van der Waals surface area (Å²) >= 11 is 0. The highest BCUT2D eigenvalue weighted by Gasteiger charge is 2.25. The second kappa shape index (κ2) is 6.30. The Hall–Kier alpha value is -1.20. The molecule has 1 aliphatic heterocycles. The van der Waals surface area contributed by atoms with E-state index in [4.69, 9.17) is 0 Å². The molecule has 1 heterocycles. The van der Waals surface area contributed by atoms with Crippen LogP contribution in [0.25, 0.3) is 0 Å². The van der Waals surface area contributed by atoms with Crippen molar-refractivity contribution in [2.45, 2.75) is 24.6 Å². The molecular formula is C14H20N2O2S. The molecule has 19 heavy (non-hydrogen) atoms. The minimum Gasteiger partial charge on any atom is -0.353 e. The second-order valence-corrected chi connectivity index (χ2v) is 6.69. The molecule has 0 aromatic heterocycles. The van der Waals surface area contributed by atoms with Crippen molar-refractivity contribution in [3.05, 3.63) is 35.4 Å². The Morgan fingerprint density at radius 1 is 1.53 bits per heavy atom. The number of hydrogen-bond acceptors (Lipinski definition) is 3. The first-order valence-corrected chi connectivity index (χ1v) is 8.13. The number of carbonyl (C=O) groups excluding carboxylic acids is 1. The summed E-state index contributed by atoms with van der Waals surface area (Å²) in [6.07, 6.45) is 2.61. The smallest absolute Gasteiger partial charge is 0.241 e. The van der Waals surface area contributed by atoms with Gasteiger partial charge in [0.15, 0.2) is 0 Å². The molecular weight excluding hydrogens is 260 g/mol. The maximum Gasteiger partial charge on any atom is 0.241 e. The first-order valence-electron chi connectivity index (χ1n) is 6.50. The van der Waals surface area contributed by atoms with Crippen LogP contribution in [0, 0.1) is 0 Å². The minimum absolute atomic E-state index is 0.0252. The van der Waals surface area contributed by atoms with Crippen molar-refractivity contribution in [3.63, 3.8) is 0 Å². The fraction of sp³-hybridized carbons (Fsp3) is 0.500. The van der Waals surface area contributed by atoms with E-state index >= 15 is 0 Å². The molecule has 1 aromatic rings. The van der Waals surface area contributed by atoms with E-state index < -0.39 is 10.8 Å². The van der Waals surface area contributed by atoms with Gasteiger partial charge in [-0.2, -0.15) is 0 Å². The van der Waals surface area contributed by atoms with Gasteiger partial charge in [0.2, 0.25) is 5.91 Å². The third-order valence-electron chi connectivity index (χ3n) is 3.50. The van der Waals surface area contributed by atoms with Crippen LogP contribution in [0.4, 0.5) is 0 Å². The first kappa shape index (κ1) is 14.2. The van der Waals surface area contributed by atoms with Gasteiger partial charge in [-0.15, -0.1) is 0 Å². The van der Waals surface area contributed by atoms with Crippen LogP contribution in [-0.4, -0.2) is 34.7 Å². The number of fused-ring (bicyclic) bond motifs is 1. The molecule has 0 aliphatic carbocycles. The van der Waals surface area contributed by atoms with Crippen LogP contribution in [-0.2, 0) is 22.0 Å². The molecule has 2 rings (SSSR count). The average Bonchev–Trinajstić information content (AvgIpc) is 2.43. The van der Waals surface area contributed by atoms with Gasteiger partial charge in [0, 0.05) is 35.4 Å². The van der Waals surface area contributed by atoms with Gasteiger partial charge in [-0.1, -0.05) is 24.3 Å². The van der Waals surface area contributed by atoms with E-state index in [0.29, 0.717) is 6.54 Å². The average molecular weight is 280 g/mol. The number of rotatable bonds is 4. The first-order chi connectivity index (χ1) is 9.09. The summed E-state index contributed by atoms with van der Waals surface area (Å²) in [5.74, 6) is -0.0375. The summed E-state index contributed by atoms with van der Waals surface area (Å²) in [5.41, 5.74) is 2.28. The van der Waals surface area contributed by atoms with Gasteiger partial charge < -0.3 is 10.6 Å². The van der Waals surface area contributed by atoms with Crippen LogP contribution in [0.2, 0.25) is 0 Å². The molecule has 2 N–H and O–H groups in total. The molecule has 1 aliphatic rings. The van der Waals surface area contributed by atoms with E-state index in [1.165, 1.54) is 5.56 Å². The molecule has 0 bridgehead atoms. The zero-order chi connectivity index (χ0) is 13.8. The van der Waals surface area contributed by atoms with Crippen LogP contribution in [0.3, 0.4) is 0 Å². The number of carbonyl (C=O) groups is 1. The summed E-state index contributed by atoms with van der Waals surface area (Å²) in [6.45, 7) is 3.13. The molecule has 1 amide bonds. The standard InChI is InChI=1S/C14H20N2O2S/c1-10(19(2)18)9-16-14(17)13-12-6-4-3-5-11(12)7-8-15-13/h3-6,10,13,15H,7-9H2,1-2H3,(H,16,17). The number of nitrogens with one attached hydrogen (secondary N) is 2. The number of hydrogen-bond donors (Lipinski definition) is 2. The lowest BCUT2D eigenvalue weighted by Gasteiger charge is -2.26. The lowest BCUT2D eigenvalue weighted by Crippen LogP contribution is -2.43. The van der Waals surface area contributed by atoms with Crippen molar-refractivity contribution in [2.75, 3.05) is 19.3 Å². The lowest BCUT2D eigenvalue weighted by molar-refractivity contribution is -0.123. The van der Waals surface area contributed by atoms with Gasteiger partial charge in [0.1, 0.15) is 6.04 Å². The Morgan fingerprint density at radius 3 is 3.00 bits per heavy atom. The van der Waals surface area contributed by atoms with Crippen LogP contribution in [0.15, 0.2) is 24.3 Å². The van der Waals surface area contributed by atoms with E-state index in [1.54, 1.807) is 6.26 Å². The fourth-order valence-corrected chi connectivity index (χ4v) is 2.52. The topological polar surface area (TPSA) is 58.2 Å². The quantitative estimate of drug-likeness (QED) is 0.856. The second-order valence-electron chi connectivity index (χ2n) is 4.89. The molecule has 0 radical (unpaired) electrons. The monoisotopic (exact) mass is 280 g/mol. The highest BCUT2D eigenvalue weighted by atomic mass is 32.2. The zero-order valence-electron chi connectivity index (χ0n) is 11.3. The van der Waals surface area contributed by atoms with Gasteiger partial charge >= 0.3 is 0 Å². The van der Waals surface area contributed by atoms with E-state index in [0.717, 1.165) is 18.5 Å². The van der Waals surface area contributed by atoms with Crippen LogP contribution in [0.1, 0.15) is 24.1 Å². The molecule has 0 spiro atoms. The Kier molecular flexibility index (Phi) is 4.71. The van der Waals surface area contributed by atoms with Crippen LogP contribution >= 0.6 is 0 Å². The summed E-state index contributed by atoms with van der Waals surface area (Å²) in [6, 6.07) is 7.73. The molecule has 0 saturated heterocycles. The maximum atomic E-state index is 12.2. The summed E-state index contributed by atoms with van der Waals surface area (Å²) in [4.78, 5) is 12.2. The van der Waals surface area contributed by atoms with Gasteiger partial charge in [-0.05, 0) is 24.5 Å². The largest absolute Gasteiger partial charge is 0.353 e.